The maximum atomic E-state index is 12.5. The molecule has 0 heterocycles. The van der Waals surface area contributed by atoms with Crippen molar-refractivity contribution in [3.05, 3.63) is 41.6 Å². The third-order valence-corrected chi connectivity index (χ3v) is 2.89. The van der Waals surface area contributed by atoms with Gasteiger partial charge in [-0.2, -0.15) is 5.26 Å². The van der Waals surface area contributed by atoms with Crippen LogP contribution in [0.3, 0.4) is 0 Å². The van der Waals surface area contributed by atoms with Crippen molar-refractivity contribution in [1.29, 1.82) is 5.26 Å². The Balaban J connectivity index is 3.13. The SMILES string of the molecule is N#C/C=C/S(=O)(=O)c1ccc(F)cc1. The van der Waals surface area contributed by atoms with Gasteiger partial charge < -0.3 is 0 Å². The average Bonchev–Trinajstić information content (AvgIpc) is 2.16. The summed E-state index contributed by atoms with van der Waals surface area (Å²) in [5.41, 5.74) is 0. The van der Waals surface area contributed by atoms with Gasteiger partial charge >= 0.3 is 0 Å². The van der Waals surface area contributed by atoms with Crippen LogP contribution in [0.1, 0.15) is 0 Å². The first-order valence-corrected chi connectivity index (χ1v) is 5.18. The fraction of sp³-hybridized carbons (Fsp3) is 0. The molecule has 0 bridgehead atoms. The molecule has 0 atom stereocenters. The van der Waals surface area contributed by atoms with E-state index in [0.717, 1.165) is 35.7 Å². The number of halogens is 1. The molecular weight excluding hydrogens is 205 g/mol. The maximum Gasteiger partial charge on any atom is 0.200 e. The van der Waals surface area contributed by atoms with Gasteiger partial charge in [0.15, 0.2) is 0 Å². The molecular formula is C9H6FNO2S. The van der Waals surface area contributed by atoms with Crippen LogP contribution in [0.25, 0.3) is 0 Å². The van der Waals surface area contributed by atoms with E-state index in [-0.39, 0.29) is 4.90 Å². The Bertz CT molecular complexity index is 483. The quantitative estimate of drug-likeness (QED) is 0.552. The predicted molar refractivity (Wildman–Crippen MR) is 48.3 cm³/mol. The Morgan fingerprint density at radius 3 is 2.36 bits per heavy atom. The summed E-state index contributed by atoms with van der Waals surface area (Å²) in [6, 6.07) is 5.96. The molecule has 72 valence electrons. The minimum absolute atomic E-state index is 0.0367. The minimum atomic E-state index is -3.61. The van der Waals surface area contributed by atoms with Gasteiger partial charge in [-0.1, -0.05) is 0 Å². The molecule has 0 fully saturated rings. The van der Waals surface area contributed by atoms with E-state index in [4.69, 9.17) is 5.26 Å². The van der Waals surface area contributed by atoms with E-state index < -0.39 is 15.7 Å². The fourth-order valence-electron chi connectivity index (χ4n) is 0.823. The van der Waals surface area contributed by atoms with E-state index >= 15 is 0 Å². The van der Waals surface area contributed by atoms with Crippen molar-refractivity contribution in [3.8, 4) is 6.07 Å². The molecule has 14 heavy (non-hydrogen) atoms. The van der Waals surface area contributed by atoms with Gasteiger partial charge in [0.25, 0.3) is 0 Å². The first kappa shape index (κ1) is 10.4. The van der Waals surface area contributed by atoms with Gasteiger partial charge in [0.2, 0.25) is 9.84 Å². The zero-order valence-electron chi connectivity index (χ0n) is 7.01. The topological polar surface area (TPSA) is 57.9 Å². The lowest BCUT2D eigenvalue weighted by atomic mass is 10.4. The van der Waals surface area contributed by atoms with Gasteiger partial charge in [-0.05, 0) is 24.3 Å². The summed E-state index contributed by atoms with van der Waals surface area (Å²) in [4.78, 5) is -0.0367. The first-order valence-electron chi connectivity index (χ1n) is 3.63. The molecule has 1 aromatic carbocycles. The molecule has 1 rings (SSSR count). The van der Waals surface area contributed by atoms with E-state index in [1.807, 2.05) is 0 Å². The smallest absolute Gasteiger partial charge is 0.200 e. The van der Waals surface area contributed by atoms with Gasteiger partial charge in [-0.25, -0.2) is 12.8 Å². The average molecular weight is 211 g/mol. The van der Waals surface area contributed by atoms with E-state index in [9.17, 15) is 12.8 Å². The molecule has 5 heteroatoms. The predicted octanol–water partition coefficient (Wildman–Crippen LogP) is 1.64. The lowest BCUT2D eigenvalue weighted by Crippen LogP contribution is -1.95. The number of allylic oxidation sites excluding steroid dienone is 1. The van der Waals surface area contributed by atoms with Crippen molar-refractivity contribution in [3.63, 3.8) is 0 Å². The molecule has 0 aliphatic carbocycles. The largest absolute Gasteiger partial charge is 0.219 e. The highest BCUT2D eigenvalue weighted by Gasteiger charge is 2.09. The molecule has 1 aromatic rings. The first-order chi connectivity index (χ1) is 6.56. The monoisotopic (exact) mass is 211 g/mol. The van der Waals surface area contributed by atoms with Crippen LogP contribution in [0, 0.1) is 17.1 Å². The van der Waals surface area contributed by atoms with Gasteiger partial charge in [0.05, 0.1) is 11.0 Å². The maximum absolute atomic E-state index is 12.5. The molecule has 0 saturated carbocycles. The summed E-state index contributed by atoms with van der Waals surface area (Å²) in [7, 11) is -3.61. The normalized spacial score (nSPS) is 11.4. The number of rotatable bonds is 2. The summed E-state index contributed by atoms with van der Waals surface area (Å²) < 4.78 is 35.1. The van der Waals surface area contributed by atoms with Crippen molar-refractivity contribution in [2.75, 3.05) is 0 Å². The highest BCUT2D eigenvalue weighted by Crippen LogP contribution is 2.12. The third-order valence-electron chi connectivity index (χ3n) is 1.46. The third kappa shape index (κ3) is 2.41. The number of sulfone groups is 1. The lowest BCUT2D eigenvalue weighted by molar-refractivity contribution is 0.603. The van der Waals surface area contributed by atoms with Crippen LogP contribution in [-0.2, 0) is 9.84 Å². The van der Waals surface area contributed by atoms with Crippen molar-refractivity contribution in [1.82, 2.24) is 0 Å². The number of nitrogens with zero attached hydrogens (tertiary/aromatic N) is 1. The van der Waals surface area contributed by atoms with Crippen molar-refractivity contribution >= 4 is 9.84 Å². The lowest BCUT2D eigenvalue weighted by Gasteiger charge is -1.96. The van der Waals surface area contributed by atoms with Gasteiger partial charge in [0, 0.05) is 11.5 Å². The second kappa shape index (κ2) is 4.03. The fourth-order valence-corrected chi connectivity index (χ4v) is 1.74. The molecule has 3 nitrogen and oxygen atoms in total. The Labute approximate surface area is 81.0 Å². The number of benzene rings is 1. The molecule has 0 spiro atoms. The number of hydrogen-bond acceptors (Lipinski definition) is 3. The minimum Gasteiger partial charge on any atom is -0.219 e. The van der Waals surface area contributed by atoms with Crippen molar-refractivity contribution < 1.29 is 12.8 Å². The zero-order valence-corrected chi connectivity index (χ0v) is 7.83. The van der Waals surface area contributed by atoms with Crippen molar-refractivity contribution in [2.45, 2.75) is 4.90 Å². The van der Waals surface area contributed by atoms with E-state index in [0.29, 0.717) is 0 Å². The summed E-state index contributed by atoms with van der Waals surface area (Å²) in [5.74, 6) is -0.506. The summed E-state index contributed by atoms with van der Waals surface area (Å²) in [5, 5.41) is 8.94. The van der Waals surface area contributed by atoms with E-state index in [1.54, 1.807) is 6.07 Å². The van der Waals surface area contributed by atoms with Crippen LogP contribution in [-0.4, -0.2) is 8.42 Å². The Hall–Kier alpha value is -1.67. The van der Waals surface area contributed by atoms with Gasteiger partial charge in [0.1, 0.15) is 5.82 Å². The standard InChI is InChI=1S/C9H6FNO2S/c10-8-2-4-9(5-3-8)14(12,13)7-1-6-11/h1-5,7H/b7-1+. The molecule has 0 radical (unpaired) electrons. The molecule has 0 N–H and O–H groups in total. The van der Waals surface area contributed by atoms with E-state index in [2.05, 4.69) is 0 Å². The second-order valence-corrected chi connectivity index (χ2v) is 4.26. The summed E-state index contributed by atoms with van der Waals surface area (Å²) in [6.07, 6.45) is 0.860. The molecule has 0 amide bonds. The summed E-state index contributed by atoms with van der Waals surface area (Å²) in [6.45, 7) is 0. The Morgan fingerprint density at radius 1 is 1.29 bits per heavy atom. The number of nitriles is 1. The van der Waals surface area contributed by atoms with Crippen LogP contribution in [0.2, 0.25) is 0 Å². The van der Waals surface area contributed by atoms with Crippen LogP contribution in [0.5, 0.6) is 0 Å². The molecule has 0 saturated heterocycles. The van der Waals surface area contributed by atoms with Crippen LogP contribution < -0.4 is 0 Å². The molecule has 0 aliphatic rings. The van der Waals surface area contributed by atoms with Crippen LogP contribution in [0.4, 0.5) is 4.39 Å². The van der Waals surface area contributed by atoms with Crippen LogP contribution >= 0.6 is 0 Å². The molecule has 0 aromatic heterocycles. The highest BCUT2D eigenvalue weighted by molar-refractivity contribution is 7.94. The van der Waals surface area contributed by atoms with Crippen LogP contribution in [0.15, 0.2) is 40.6 Å². The Morgan fingerprint density at radius 2 is 1.86 bits per heavy atom. The van der Waals surface area contributed by atoms with Crippen molar-refractivity contribution in [2.24, 2.45) is 0 Å². The molecule has 0 unspecified atom stereocenters. The number of hydrogen-bond donors (Lipinski definition) is 0. The van der Waals surface area contributed by atoms with E-state index in [1.165, 1.54) is 0 Å². The second-order valence-electron chi connectivity index (χ2n) is 2.43. The summed E-state index contributed by atoms with van der Waals surface area (Å²) >= 11 is 0. The molecule has 0 aliphatic heterocycles. The highest BCUT2D eigenvalue weighted by atomic mass is 32.2. The Kier molecular flexibility index (Phi) is 2.99. The van der Waals surface area contributed by atoms with Gasteiger partial charge in [-0.15, -0.1) is 0 Å². The zero-order chi connectivity index (χ0) is 10.6. The van der Waals surface area contributed by atoms with Gasteiger partial charge in [-0.3, -0.25) is 0 Å².